The summed E-state index contributed by atoms with van der Waals surface area (Å²) in [5, 5.41) is 10.4. The number of aromatic nitrogens is 3. The van der Waals surface area contributed by atoms with Crippen molar-refractivity contribution in [2.24, 2.45) is 0 Å². The van der Waals surface area contributed by atoms with Crippen molar-refractivity contribution in [3.8, 4) is 0 Å². The molecule has 5 nitrogen and oxygen atoms in total. The average Bonchev–Trinajstić information content (AvgIpc) is 3.05. The molecule has 0 fully saturated rings. The van der Waals surface area contributed by atoms with E-state index in [1.54, 1.807) is 11.3 Å². The highest BCUT2D eigenvalue weighted by Crippen LogP contribution is 2.27. The van der Waals surface area contributed by atoms with E-state index in [4.69, 9.17) is 0 Å². The van der Waals surface area contributed by atoms with Gasteiger partial charge in [0, 0.05) is 17.1 Å². The molecule has 0 saturated carbocycles. The van der Waals surface area contributed by atoms with Crippen LogP contribution < -0.4 is 10.9 Å². The van der Waals surface area contributed by atoms with Crippen molar-refractivity contribution in [1.29, 1.82) is 0 Å². The van der Waals surface area contributed by atoms with Crippen LogP contribution in [0.4, 0.5) is 5.13 Å². The first-order valence-corrected chi connectivity index (χ1v) is 7.62. The summed E-state index contributed by atoms with van der Waals surface area (Å²) >= 11 is 3.10. The summed E-state index contributed by atoms with van der Waals surface area (Å²) in [6, 6.07) is 5.77. The molecule has 0 aliphatic rings. The van der Waals surface area contributed by atoms with Gasteiger partial charge in [-0.2, -0.15) is 4.52 Å². The van der Waals surface area contributed by atoms with Crippen molar-refractivity contribution in [2.45, 2.75) is 19.4 Å². The molecule has 98 valence electrons. The first-order chi connectivity index (χ1) is 9.28. The molecule has 0 aromatic carbocycles. The maximum Gasteiger partial charge on any atom is 0.275 e. The lowest BCUT2D eigenvalue weighted by molar-refractivity contribution is 0.755. The molecule has 0 radical (unpaired) electrons. The third-order valence-corrected chi connectivity index (χ3v) is 4.60. The van der Waals surface area contributed by atoms with E-state index >= 15 is 0 Å². The van der Waals surface area contributed by atoms with Crippen LogP contribution in [0, 0.1) is 0 Å². The van der Waals surface area contributed by atoms with E-state index in [9.17, 15) is 4.79 Å². The number of rotatable bonds is 4. The van der Waals surface area contributed by atoms with E-state index in [-0.39, 0.29) is 11.6 Å². The Morgan fingerprint density at radius 3 is 3.05 bits per heavy atom. The Kier molecular flexibility index (Phi) is 3.31. The molecule has 3 heterocycles. The number of hydrogen-bond acceptors (Lipinski definition) is 6. The smallest absolute Gasteiger partial charge is 0.275 e. The standard InChI is InChI=1S/C12H12N4OS2/c1-2-8(9-4-3-7-18-9)14-11-15-16-10(17)5-6-13-12(16)19-11/h3-8H,2H2,1H3,(H,14,15). The largest absolute Gasteiger partial charge is 0.352 e. The molecule has 0 aliphatic carbocycles. The van der Waals surface area contributed by atoms with E-state index < -0.39 is 0 Å². The summed E-state index contributed by atoms with van der Waals surface area (Å²) in [7, 11) is 0. The Hall–Kier alpha value is -1.73. The van der Waals surface area contributed by atoms with Crippen molar-refractivity contribution >= 4 is 32.8 Å². The van der Waals surface area contributed by atoms with Gasteiger partial charge in [0.1, 0.15) is 0 Å². The zero-order valence-corrected chi connectivity index (χ0v) is 11.9. The summed E-state index contributed by atoms with van der Waals surface area (Å²) in [5.74, 6) is 0. The molecular weight excluding hydrogens is 280 g/mol. The fraction of sp³-hybridized carbons (Fsp3) is 0.250. The average molecular weight is 292 g/mol. The number of anilines is 1. The van der Waals surface area contributed by atoms with E-state index in [0.29, 0.717) is 4.96 Å². The van der Waals surface area contributed by atoms with Crippen molar-refractivity contribution in [1.82, 2.24) is 14.6 Å². The molecule has 0 amide bonds. The Bertz CT molecular complexity index is 732. The molecule has 1 unspecified atom stereocenters. The maximum absolute atomic E-state index is 11.6. The molecular formula is C12H12N4OS2. The van der Waals surface area contributed by atoms with Gasteiger partial charge in [-0.05, 0) is 17.9 Å². The van der Waals surface area contributed by atoms with Crippen LogP contribution in [0.15, 0.2) is 34.6 Å². The summed E-state index contributed by atoms with van der Waals surface area (Å²) in [4.78, 5) is 17.6. The molecule has 3 aromatic heterocycles. The van der Waals surface area contributed by atoms with Gasteiger partial charge in [-0.3, -0.25) is 4.79 Å². The Morgan fingerprint density at radius 1 is 1.47 bits per heavy atom. The van der Waals surface area contributed by atoms with Gasteiger partial charge in [0.05, 0.1) is 6.04 Å². The minimum Gasteiger partial charge on any atom is -0.352 e. The molecule has 1 N–H and O–H groups in total. The molecule has 3 aromatic rings. The molecule has 0 saturated heterocycles. The second-order valence-corrected chi connectivity index (χ2v) is 5.94. The van der Waals surface area contributed by atoms with Crippen LogP contribution in [0.2, 0.25) is 0 Å². The van der Waals surface area contributed by atoms with Gasteiger partial charge < -0.3 is 5.32 Å². The van der Waals surface area contributed by atoms with Gasteiger partial charge in [-0.25, -0.2) is 4.98 Å². The Labute approximate surface area is 117 Å². The topological polar surface area (TPSA) is 59.3 Å². The van der Waals surface area contributed by atoms with Crippen molar-refractivity contribution in [3.63, 3.8) is 0 Å². The van der Waals surface area contributed by atoms with Crippen LogP contribution in [-0.2, 0) is 0 Å². The van der Waals surface area contributed by atoms with Gasteiger partial charge in [0.2, 0.25) is 10.1 Å². The highest BCUT2D eigenvalue weighted by atomic mass is 32.1. The first kappa shape index (κ1) is 12.3. The number of nitrogens with zero attached hydrogens (tertiary/aromatic N) is 3. The van der Waals surface area contributed by atoms with Gasteiger partial charge in [0.15, 0.2) is 0 Å². The Balaban J connectivity index is 1.92. The van der Waals surface area contributed by atoms with Gasteiger partial charge in [-0.15, -0.1) is 16.4 Å². The number of thiophene rings is 1. The fourth-order valence-electron chi connectivity index (χ4n) is 1.81. The zero-order chi connectivity index (χ0) is 13.2. The number of hydrogen-bond donors (Lipinski definition) is 1. The minimum atomic E-state index is -0.154. The maximum atomic E-state index is 11.6. The monoisotopic (exact) mass is 292 g/mol. The SMILES string of the molecule is CCC(Nc1nn2c(=O)ccnc2s1)c1cccs1. The summed E-state index contributed by atoms with van der Waals surface area (Å²) in [6.45, 7) is 2.12. The predicted molar refractivity (Wildman–Crippen MR) is 78.1 cm³/mol. The quantitative estimate of drug-likeness (QED) is 0.803. The summed E-state index contributed by atoms with van der Waals surface area (Å²) in [5.41, 5.74) is -0.154. The minimum absolute atomic E-state index is 0.154. The van der Waals surface area contributed by atoms with Crippen molar-refractivity contribution < 1.29 is 0 Å². The normalized spacial score (nSPS) is 12.7. The molecule has 0 spiro atoms. The lowest BCUT2D eigenvalue weighted by Gasteiger charge is -2.13. The van der Waals surface area contributed by atoms with E-state index in [0.717, 1.165) is 11.6 Å². The first-order valence-electron chi connectivity index (χ1n) is 5.92. The van der Waals surface area contributed by atoms with Gasteiger partial charge in [-0.1, -0.05) is 24.3 Å². The second-order valence-electron chi connectivity index (χ2n) is 4.01. The highest BCUT2D eigenvalue weighted by molar-refractivity contribution is 7.20. The number of nitrogens with one attached hydrogen (secondary N) is 1. The number of fused-ring (bicyclic) bond motifs is 1. The fourth-order valence-corrected chi connectivity index (χ4v) is 3.50. The van der Waals surface area contributed by atoms with Crippen LogP contribution in [0.1, 0.15) is 24.3 Å². The molecule has 7 heteroatoms. The van der Waals surface area contributed by atoms with Gasteiger partial charge >= 0.3 is 0 Å². The Morgan fingerprint density at radius 2 is 2.37 bits per heavy atom. The third-order valence-electron chi connectivity index (χ3n) is 2.76. The van der Waals surface area contributed by atoms with Crippen LogP contribution in [0.3, 0.4) is 0 Å². The molecule has 19 heavy (non-hydrogen) atoms. The third kappa shape index (κ3) is 2.39. The van der Waals surface area contributed by atoms with Crippen LogP contribution >= 0.6 is 22.7 Å². The molecule has 0 bridgehead atoms. The lowest BCUT2D eigenvalue weighted by atomic mass is 10.2. The van der Waals surface area contributed by atoms with Gasteiger partial charge in [0.25, 0.3) is 5.56 Å². The predicted octanol–water partition coefficient (Wildman–Crippen LogP) is 2.78. The molecule has 1 atom stereocenters. The summed E-state index contributed by atoms with van der Waals surface area (Å²) in [6.07, 6.45) is 2.47. The van der Waals surface area contributed by atoms with Crippen LogP contribution in [0.5, 0.6) is 0 Å². The van der Waals surface area contributed by atoms with E-state index in [1.807, 2.05) is 6.07 Å². The molecule has 3 rings (SSSR count). The van der Waals surface area contributed by atoms with E-state index in [2.05, 4.69) is 33.8 Å². The zero-order valence-electron chi connectivity index (χ0n) is 10.2. The van der Waals surface area contributed by atoms with E-state index in [1.165, 1.54) is 33.0 Å². The van der Waals surface area contributed by atoms with Crippen LogP contribution in [0.25, 0.3) is 4.96 Å². The highest BCUT2D eigenvalue weighted by Gasteiger charge is 2.13. The summed E-state index contributed by atoms with van der Waals surface area (Å²) < 4.78 is 1.33. The lowest BCUT2D eigenvalue weighted by Crippen LogP contribution is -2.13. The van der Waals surface area contributed by atoms with Crippen molar-refractivity contribution in [3.05, 3.63) is 45.0 Å². The second kappa shape index (κ2) is 5.10. The van der Waals surface area contributed by atoms with Crippen molar-refractivity contribution in [2.75, 3.05) is 5.32 Å². The van der Waals surface area contributed by atoms with Crippen LogP contribution in [-0.4, -0.2) is 14.6 Å². The molecule has 0 aliphatic heterocycles.